The first-order chi connectivity index (χ1) is 9.18. The van der Waals surface area contributed by atoms with Crippen molar-refractivity contribution in [3.05, 3.63) is 23.8 Å². The first-order valence-corrected chi connectivity index (χ1v) is 6.33. The summed E-state index contributed by atoms with van der Waals surface area (Å²) in [4.78, 5) is 11.2. The highest BCUT2D eigenvalue weighted by atomic mass is 16.5. The predicted molar refractivity (Wildman–Crippen MR) is 68.1 cm³/mol. The Kier molecular flexibility index (Phi) is 2.94. The van der Waals surface area contributed by atoms with Crippen LogP contribution in [0.25, 0.3) is 11.0 Å². The zero-order chi connectivity index (χ0) is 13.4. The molecule has 1 aliphatic heterocycles. The van der Waals surface area contributed by atoms with Crippen molar-refractivity contribution < 1.29 is 14.6 Å². The van der Waals surface area contributed by atoms with Crippen LogP contribution in [0, 0.1) is 5.92 Å². The van der Waals surface area contributed by atoms with Gasteiger partial charge < -0.3 is 9.84 Å². The van der Waals surface area contributed by atoms with E-state index in [9.17, 15) is 4.79 Å². The first-order valence-electron chi connectivity index (χ1n) is 6.33. The number of carboxylic acid groups (broad SMARTS) is 1. The second-order valence-electron chi connectivity index (χ2n) is 4.92. The van der Waals surface area contributed by atoms with Crippen LogP contribution in [0.1, 0.15) is 29.7 Å². The predicted octanol–water partition coefficient (Wildman–Crippen LogP) is 1.73. The summed E-state index contributed by atoms with van der Waals surface area (Å²) in [5.41, 5.74) is 1.43. The standard InChI is InChI=1S/C13H15N3O3/c1-8-7-19-6-5-10(8)16-11-4-2-3-9(13(17)18)12(11)14-15-16/h2-4,8,10H,5-7H2,1H3,(H,17,18). The number of hydrogen-bond donors (Lipinski definition) is 1. The Morgan fingerprint density at radius 1 is 1.53 bits per heavy atom. The van der Waals surface area contributed by atoms with E-state index in [4.69, 9.17) is 9.84 Å². The fraction of sp³-hybridized carbons (Fsp3) is 0.462. The number of ether oxygens (including phenoxy) is 1. The Morgan fingerprint density at radius 2 is 2.37 bits per heavy atom. The molecule has 1 aliphatic rings. The van der Waals surface area contributed by atoms with E-state index < -0.39 is 5.97 Å². The molecule has 6 nitrogen and oxygen atoms in total. The molecule has 3 rings (SSSR count). The maximum atomic E-state index is 11.2. The van der Waals surface area contributed by atoms with Crippen LogP contribution in [0.5, 0.6) is 0 Å². The largest absolute Gasteiger partial charge is 0.478 e. The lowest BCUT2D eigenvalue weighted by Crippen LogP contribution is -2.28. The Hall–Kier alpha value is -1.95. The minimum atomic E-state index is -0.974. The SMILES string of the molecule is CC1COCCC1n1nnc2c(C(=O)O)cccc21. The molecule has 0 spiro atoms. The van der Waals surface area contributed by atoms with Crippen molar-refractivity contribution in [3.63, 3.8) is 0 Å². The van der Waals surface area contributed by atoms with Gasteiger partial charge in [-0.2, -0.15) is 0 Å². The summed E-state index contributed by atoms with van der Waals surface area (Å²) in [6, 6.07) is 5.36. The van der Waals surface area contributed by atoms with Gasteiger partial charge in [0.25, 0.3) is 0 Å². The van der Waals surface area contributed by atoms with Gasteiger partial charge in [-0.3, -0.25) is 0 Å². The molecule has 100 valence electrons. The molecule has 2 atom stereocenters. The molecule has 2 aromatic rings. The summed E-state index contributed by atoms with van der Waals surface area (Å²) in [6.45, 7) is 3.51. The minimum Gasteiger partial charge on any atom is -0.478 e. The Balaban J connectivity index is 2.10. The lowest BCUT2D eigenvalue weighted by atomic mass is 9.98. The van der Waals surface area contributed by atoms with E-state index >= 15 is 0 Å². The van der Waals surface area contributed by atoms with Crippen LogP contribution < -0.4 is 0 Å². The fourth-order valence-electron chi connectivity index (χ4n) is 2.61. The highest BCUT2D eigenvalue weighted by molar-refractivity contribution is 6.00. The van der Waals surface area contributed by atoms with Crippen LogP contribution in [0.2, 0.25) is 0 Å². The molecule has 0 amide bonds. The van der Waals surface area contributed by atoms with E-state index in [2.05, 4.69) is 17.2 Å². The average Bonchev–Trinajstić information content (AvgIpc) is 2.82. The molecule has 1 aromatic heterocycles. The number of aromatic nitrogens is 3. The van der Waals surface area contributed by atoms with Crippen LogP contribution in [-0.4, -0.2) is 39.3 Å². The van der Waals surface area contributed by atoms with Gasteiger partial charge in [0.2, 0.25) is 0 Å². The summed E-state index contributed by atoms with van der Waals surface area (Å²) in [6.07, 6.45) is 0.872. The van der Waals surface area contributed by atoms with Gasteiger partial charge in [-0.25, -0.2) is 9.48 Å². The van der Waals surface area contributed by atoms with Crippen molar-refractivity contribution in [2.45, 2.75) is 19.4 Å². The Bertz CT molecular complexity index is 623. The van der Waals surface area contributed by atoms with E-state index in [1.165, 1.54) is 0 Å². The van der Waals surface area contributed by atoms with Crippen LogP contribution in [0.15, 0.2) is 18.2 Å². The van der Waals surface area contributed by atoms with Gasteiger partial charge in [0, 0.05) is 12.5 Å². The minimum absolute atomic E-state index is 0.198. The molecule has 19 heavy (non-hydrogen) atoms. The Labute approximate surface area is 110 Å². The van der Waals surface area contributed by atoms with E-state index in [1.807, 2.05) is 10.7 Å². The zero-order valence-electron chi connectivity index (χ0n) is 10.6. The smallest absolute Gasteiger partial charge is 0.338 e. The summed E-state index contributed by atoms with van der Waals surface area (Å²) in [7, 11) is 0. The topological polar surface area (TPSA) is 77.2 Å². The summed E-state index contributed by atoms with van der Waals surface area (Å²) in [5.74, 6) is -0.634. The van der Waals surface area contributed by atoms with E-state index in [0.717, 1.165) is 11.9 Å². The lowest BCUT2D eigenvalue weighted by molar-refractivity contribution is 0.0258. The number of benzene rings is 1. The van der Waals surface area contributed by atoms with Crippen molar-refractivity contribution in [1.29, 1.82) is 0 Å². The van der Waals surface area contributed by atoms with Gasteiger partial charge in [-0.05, 0) is 18.6 Å². The second kappa shape index (κ2) is 4.62. The van der Waals surface area contributed by atoms with Gasteiger partial charge >= 0.3 is 5.97 Å². The van der Waals surface area contributed by atoms with Gasteiger partial charge in [-0.15, -0.1) is 5.10 Å². The van der Waals surface area contributed by atoms with Gasteiger partial charge in [0.05, 0.1) is 23.7 Å². The van der Waals surface area contributed by atoms with Crippen LogP contribution in [-0.2, 0) is 4.74 Å². The summed E-state index contributed by atoms with van der Waals surface area (Å²) in [5, 5.41) is 17.4. The molecule has 1 fully saturated rings. The first kappa shape index (κ1) is 12.1. The van der Waals surface area contributed by atoms with Crippen LogP contribution >= 0.6 is 0 Å². The normalized spacial score (nSPS) is 23.6. The number of fused-ring (bicyclic) bond motifs is 1. The number of hydrogen-bond acceptors (Lipinski definition) is 4. The third kappa shape index (κ3) is 1.98. The van der Waals surface area contributed by atoms with Crippen LogP contribution in [0.4, 0.5) is 0 Å². The molecule has 0 aliphatic carbocycles. The summed E-state index contributed by atoms with van der Waals surface area (Å²) >= 11 is 0. The molecule has 1 saturated heterocycles. The second-order valence-corrected chi connectivity index (χ2v) is 4.92. The maximum Gasteiger partial charge on any atom is 0.338 e. The van der Waals surface area contributed by atoms with Gasteiger partial charge in [0.15, 0.2) is 0 Å². The third-order valence-corrected chi connectivity index (χ3v) is 3.64. The number of aromatic carboxylic acids is 1. The highest BCUT2D eigenvalue weighted by Crippen LogP contribution is 2.29. The molecule has 6 heteroatoms. The fourth-order valence-corrected chi connectivity index (χ4v) is 2.61. The van der Waals surface area contributed by atoms with Crippen LogP contribution in [0.3, 0.4) is 0 Å². The van der Waals surface area contributed by atoms with Crippen molar-refractivity contribution >= 4 is 17.0 Å². The molecule has 1 aromatic carbocycles. The average molecular weight is 261 g/mol. The molecule has 0 bridgehead atoms. The van der Waals surface area contributed by atoms with E-state index in [1.54, 1.807) is 12.1 Å². The van der Waals surface area contributed by atoms with E-state index in [-0.39, 0.29) is 11.6 Å². The van der Waals surface area contributed by atoms with Gasteiger partial charge in [0.1, 0.15) is 5.52 Å². The quantitative estimate of drug-likeness (QED) is 0.890. The molecular formula is C13H15N3O3. The third-order valence-electron chi connectivity index (χ3n) is 3.64. The van der Waals surface area contributed by atoms with Crippen molar-refractivity contribution in [2.75, 3.05) is 13.2 Å². The molecule has 2 heterocycles. The zero-order valence-corrected chi connectivity index (χ0v) is 10.6. The van der Waals surface area contributed by atoms with Gasteiger partial charge in [-0.1, -0.05) is 18.2 Å². The molecule has 0 saturated carbocycles. The summed E-state index contributed by atoms with van der Waals surface area (Å²) < 4.78 is 7.27. The van der Waals surface area contributed by atoms with Crippen molar-refractivity contribution in [1.82, 2.24) is 15.0 Å². The van der Waals surface area contributed by atoms with Crippen molar-refractivity contribution in [2.24, 2.45) is 5.92 Å². The Morgan fingerprint density at radius 3 is 3.11 bits per heavy atom. The van der Waals surface area contributed by atoms with Crippen molar-refractivity contribution in [3.8, 4) is 0 Å². The number of rotatable bonds is 2. The molecule has 0 radical (unpaired) electrons. The molecule has 1 N–H and O–H groups in total. The molecular weight excluding hydrogens is 246 g/mol. The maximum absolute atomic E-state index is 11.2. The molecule has 2 unspecified atom stereocenters. The lowest BCUT2D eigenvalue weighted by Gasteiger charge is -2.28. The number of carboxylic acids is 1. The van der Waals surface area contributed by atoms with E-state index in [0.29, 0.717) is 24.6 Å². The monoisotopic (exact) mass is 261 g/mol. The number of carbonyl (C=O) groups is 1. The number of nitrogens with zero attached hydrogens (tertiary/aromatic N) is 3. The highest BCUT2D eigenvalue weighted by Gasteiger charge is 2.26.